The minimum atomic E-state index is -0.408. The van der Waals surface area contributed by atoms with E-state index >= 15 is 0 Å². The van der Waals surface area contributed by atoms with Crippen molar-refractivity contribution in [3.05, 3.63) is 23.5 Å². The number of alkyl carbamates (subject to hydrolysis) is 1. The zero-order valence-electron chi connectivity index (χ0n) is 16.0. The van der Waals surface area contributed by atoms with Crippen molar-refractivity contribution in [1.29, 1.82) is 0 Å². The molecule has 1 unspecified atom stereocenters. The van der Waals surface area contributed by atoms with Crippen LogP contribution in [-0.2, 0) is 16.0 Å². The van der Waals surface area contributed by atoms with Crippen LogP contribution in [0, 0.1) is 5.41 Å². The Bertz CT molecular complexity index is 667. The molecule has 1 aliphatic carbocycles. The standard InChI is InChI=1S/C19H30N4O3/c1-18(2)12-19(26-13-18)6-4-14(5-7-19)16-15(11-22-23-16)10-21-8-9-25-17(24)20-3/h4,11,21H,5-10,12-13H2,1-3H3,(H,20,24)(H,22,23). The summed E-state index contributed by atoms with van der Waals surface area (Å²) >= 11 is 0. The zero-order chi connectivity index (χ0) is 18.6. The molecule has 3 N–H and O–H groups in total. The van der Waals surface area contributed by atoms with Crippen molar-refractivity contribution in [2.24, 2.45) is 5.41 Å². The van der Waals surface area contributed by atoms with E-state index in [1.165, 1.54) is 5.57 Å². The van der Waals surface area contributed by atoms with E-state index in [2.05, 4.69) is 40.8 Å². The Labute approximate surface area is 154 Å². The molecule has 0 saturated carbocycles. The maximum atomic E-state index is 11.0. The van der Waals surface area contributed by atoms with Crippen molar-refractivity contribution < 1.29 is 14.3 Å². The van der Waals surface area contributed by atoms with Crippen LogP contribution in [0.15, 0.2) is 12.3 Å². The summed E-state index contributed by atoms with van der Waals surface area (Å²) in [6, 6.07) is 0. The summed E-state index contributed by atoms with van der Waals surface area (Å²) < 4.78 is 11.1. The van der Waals surface area contributed by atoms with E-state index in [9.17, 15) is 4.79 Å². The van der Waals surface area contributed by atoms with Crippen LogP contribution in [0.2, 0.25) is 0 Å². The minimum absolute atomic E-state index is 0.0267. The summed E-state index contributed by atoms with van der Waals surface area (Å²) in [7, 11) is 1.55. The highest BCUT2D eigenvalue weighted by Gasteiger charge is 2.44. The predicted octanol–water partition coefficient (Wildman–Crippen LogP) is 2.61. The first kappa shape index (κ1) is 18.9. The monoisotopic (exact) mass is 362 g/mol. The summed E-state index contributed by atoms with van der Waals surface area (Å²) in [6.07, 6.45) is 7.97. The van der Waals surface area contributed by atoms with Gasteiger partial charge in [0.2, 0.25) is 0 Å². The van der Waals surface area contributed by atoms with Gasteiger partial charge in [0.15, 0.2) is 0 Å². The molecule has 1 atom stereocenters. The molecule has 1 aromatic rings. The third-order valence-corrected chi connectivity index (χ3v) is 5.20. The third-order valence-electron chi connectivity index (χ3n) is 5.20. The molecule has 1 amide bonds. The van der Waals surface area contributed by atoms with Crippen molar-refractivity contribution >= 4 is 11.7 Å². The van der Waals surface area contributed by atoms with E-state index in [1.54, 1.807) is 7.05 Å². The second-order valence-corrected chi connectivity index (χ2v) is 8.07. The normalized spacial score (nSPS) is 24.5. The van der Waals surface area contributed by atoms with E-state index in [1.807, 2.05) is 6.20 Å². The molecule has 1 fully saturated rings. The molecule has 144 valence electrons. The van der Waals surface area contributed by atoms with Crippen LogP contribution in [0.3, 0.4) is 0 Å². The largest absolute Gasteiger partial charge is 0.448 e. The van der Waals surface area contributed by atoms with Crippen molar-refractivity contribution in [2.75, 3.05) is 26.8 Å². The first-order valence-corrected chi connectivity index (χ1v) is 9.34. The first-order chi connectivity index (χ1) is 12.4. The second-order valence-electron chi connectivity index (χ2n) is 8.07. The molecule has 0 bridgehead atoms. The van der Waals surface area contributed by atoms with Crippen LogP contribution in [0.5, 0.6) is 0 Å². The number of hydrogen-bond acceptors (Lipinski definition) is 5. The van der Waals surface area contributed by atoms with Gasteiger partial charge in [-0.05, 0) is 36.7 Å². The minimum Gasteiger partial charge on any atom is -0.448 e. The quantitative estimate of drug-likeness (QED) is 0.677. The zero-order valence-corrected chi connectivity index (χ0v) is 16.0. The molecular weight excluding hydrogens is 332 g/mol. The molecular formula is C19H30N4O3. The molecule has 7 nitrogen and oxygen atoms in total. The molecule has 1 saturated heterocycles. The van der Waals surface area contributed by atoms with Gasteiger partial charge in [-0.3, -0.25) is 5.10 Å². The Kier molecular flexibility index (Phi) is 5.67. The van der Waals surface area contributed by atoms with Crippen LogP contribution in [0.25, 0.3) is 5.57 Å². The van der Waals surface area contributed by atoms with Gasteiger partial charge in [-0.15, -0.1) is 0 Å². The number of ether oxygens (including phenoxy) is 2. The molecule has 1 aromatic heterocycles. The van der Waals surface area contributed by atoms with Crippen molar-refractivity contribution in [1.82, 2.24) is 20.8 Å². The van der Waals surface area contributed by atoms with E-state index in [0.717, 1.165) is 43.5 Å². The number of aromatic nitrogens is 2. The van der Waals surface area contributed by atoms with Crippen molar-refractivity contribution in [2.45, 2.75) is 51.7 Å². The van der Waals surface area contributed by atoms with Crippen LogP contribution < -0.4 is 10.6 Å². The molecule has 1 spiro atoms. The first-order valence-electron chi connectivity index (χ1n) is 9.34. The topological polar surface area (TPSA) is 88.3 Å². The second kappa shape index (κ2) is 7.80. The fourth-order valence-electron chi connectivity index (χ4n) is 3.94. The van der Waals surface area contributed by atoms with Gasteiger partial charge >= 0.3 is 6.09 Å². The number of nitrogens with zero attached hydrogens (tertiary/aromatic N) is 1. The van der Waals surface area contributed by atoms with Crippen LogP contribution in [0.4, 0.5) is 4.79 Å². The molecule has 3 rings (SSSR count). The number of allylic oxidation sites excluding steroid dienone is 1. The summed E-state index contributed by atoms with van der Waals surface area (Å²) in [4.78, 5) is 11.0. The van der Waals surface area contributed by atoms with Gasteiger partial charge < -0.3 is 20.1 Å². The Morgan fingerprint density at radius 2 is 2.31 bits per heavy atom. The number of carbonyl (C=O) groups is 1. The van der Waals surface area contributed by atoms with Gasteiger partial charge in [0, 0.05) is 31.9 Å². The Balaban J connectivity index is 1.52. The van der Waals surface area contributed by atoms with Gasteiger partial charge in [-0.2, -0.15) is 5.10 Å². The highest BCUT2D eigenvalue weighted by atomic mass is 16.5. The lowest BCUT2D eigenvalue weighted by Crippen LogP contribution is -2.30. The van der Waals surface area contributed by atoms with Crippen LogP contribution in [-0.4, -0.2) is 48.7 Å². The average molecular weight is 362 g/mol. The lowest BCUT2D eigenvalue weighted by Gasteiger charge is -2.32. The average Bonchev–Trinajstić information content (AvgIpc) is 3.19. The van der Waals surface area contributed by atoms with Crippen LogP contribution >= 0.6 is 0 Å². The highest BCUT2D eigenvalue weighted by Crippen LogP contribution is 2.47. The molecule has 1 aliphatic heterocycles. The van der Waals surface area contributed by atoms with Gasteiger partial charge in [0.25, 0.3) is 0 Å². The summed E-state index contributed by atoms with van der Waals surface area (Å²) in [5.41, 5.74) is 3.78. The molecule has 2 aliphatic rings. The highest BCUT2D eigenvalue weighted by molar-refractivity contribution is 5.67. The molecule has 2 heterocycles. The Hall–Kier alpha value is -1.86. The SMILES string of the molecule is CNC(=O)OCCNCc1c[nH]nc1C1=CCC2(CC1)CC(C)(C)CO2. The smallest absolute Gasteiger partial charge is 0.406 e. The number of aromatic amines is 1. The molecule has 7 heteroatoms. The number of nitrogens with one attached hydrogen (secondary N) is 3. The summed E-state index contributed by atoms with van der Waals surface area (Å²) in [6.45, 7) is 7.05. The molecule has 0 radical (unpaired) electrons. The van der Waals surface area contributed by atoms with Gasteiger partial charge in [0.05, 0.1) is 17.9 Å². The number of H-pyrrole nitrogens is 1. The van der Waals surface area contributed by atoms with Crippen molar-refractivity contribution in [3.63, 3.8) is 0 Å². The fourth-order valence-corrected chi connectivity index (χ4v) is 3.94. The lowest BCUT2D eigenvalue weighted by atomic mass is 9.76. The summed E-state index contributed by atoms with van der Waals surface area (Å²) in [5, 5.41) is 13.1. The van der Waals surface area contributed by atoms with Gasteiger partial charge in [0.1, 0.15) is 6.61 Å². The number of rotatable bonds is 6. The lowest BCUT2D eigenvalue weighted by molar-refractivity contribution is -0.00367. The van der Waals surface area contributed by atoms with E-state index in [-0.39, 0.29) is 11.0 Å². The predicted molar refractivity (Wildman–Crippen MR) is 99.6 cm³/mol. The van der Waals surface area contributed by atoms with Crippen LogP contribution in [0.1, 0.15) is 50.8 Å². The fraction of sp³-hybridized carbons (Fsp3) is 0.684. The van der Waals surface area contributed by atoms with Gasteiger partial charge in [-0.25, -0.2) is 4.79 Å². The van der Waals surface area contributed by atoms with E-state index < -0.39 is 6.09 Å². The van der Waals surface area contributed by atoms with Gasteiger partial charge in [-0.1, -0.05) is 19.9 Å². The maximum absolute atomic E-state index is 11.0. The summed E-state index contributed by atoms with van der Waals surface area (Å²) in [5.74, 6) is 0. The third kappa shape index (κ3) is 4.45. The molecule has 26 heavy (non-hydrogen) atoms. The number of amides is 1. The number of carbonyl (C=O) groups excluding carboxylic acids is 1. The van der Waals surface area contributed by atoms with Crippen molar-refractivity contribution in [3.8, 4) is 0 Å². The Morgan fingerprint density at radius 1 is 1.46 bits per heavy atom. The molecule has 0 aromatic carbocycles. The Morgan fingerprint density at radius 3 is 2.96 bits per heavy atom. The van der Waals surface area contributed by atoms with E-state index in [4.69, 9.17) is 9.47 Å². The number of hydrogen-bond donors (Lipinski definition) is 3. The maximum Gasteiger partial charge on any atom is 0.406 e. The van der Waals surface area contributed by atoms with E-state index in [0.29, 0.717) is 19.7 Å².